The predicted molar refractivity (Wildman–Crippen MR) is 84.7 cm³/mol. The quantitative estimate of drug-likeness (QED) is 0.884. The summed E-state index contributed by atoms with van der Waals surface area (Å²) < 4.78 is 13.9. The summed E-state index contributed by atoms with van der Waals surface area (Å²) in [5.41, 5.74) is 9.46. The standard InChI is InChI=1S/C17H22FN3/c1-4-7-20-16(13-6-5-12(3)15(18)9-13)14-8-11(2)10-21-17(14)19/h5-6,8-10,16,20H,4,7H2,1-3H3,(H2,19,21). The van der Waals surface area contributed by atoms with Gasteiger partial charge in [0.15, 0.2) is 0 Å². The third kappa shape index (κ3) is 3.58. The molecule has 0 bridgehead atoms. The summed E-state index contributed by atoms with van der Waals surface area (Å²) in [6, 6.07) is 7.17. The molecule has 0 aliphatic rings. The van der Waals surface area contributed by atoms with Gasteiger partial charge in [-0.15, -0.1) is 0 Å². The van der Waals surface area contributed by atoms with Crippen LogP contribution >= 0.6 is 0 Å². The Morgan fingerprint density at radius 2 is 2.05 bits per heavy atom. The molecule has 1 aromatic heterocycles. The van der Waals surface area contributed by atoms with Gasteiger partial charge in [0.2, 0.25) is 0 Å². The van der Waals surface area contributed by atoms with Gasteiger partial charge in [-0.05, 0) is 55.6 Å². The van der Waals surface area contributed by atoms with Crippen molar-refractivity contribution < 1.29 is 4.39 Å². The summed E-state index contributed by atoms with van der Waals surface area (Å²) >= 11 is 0. The molecule has 3 N–H and O–H groups in total. The Bertz CT molecular complexity index is 625. The minimum Gasteiger partial charge on any atom is -0.383 e. The highest BCUT2D eigenvalue weighted by Crippen LogP contribution is 2.27. The van der Waals surface area contributed by atoms with Gasteiger partial charge >= 0.3 is 0 Å². The zero-order valence-corrected chi connectivity index (χ0v) is 12.8. The normalized spacial score (nSPS) is 12.4. The molecule has 0 amide bonds. The molecule has 0 radical (unpaired) electrons. The Kier molecular flexibility index (Phi) is 4.91. The fraction of sp³-hybridized carbons (Fsp3) is 0.353. The Hall–Kier alpha value is -1.94. The Labute approximate surface area is 125 Å². The number of benzene rings is 1. The van der Waals surface area contributed by atoms with Gasteiger partial charge < -0.3 is 11.1 Å². The average Bonchev–Trinajstić information content (AvgIpc) is 2.46. The minimum atomic E-state index is -0.199. The molecule has 3 nitrogen and oxygen atoms in total. The number of nitrogens with zero attached hydrogens (tertiary/aromatic N) is 1. The van der Waals surface area contributed by atoms with E-state index in [0.29, 0.717) is 11.4 Å². The van der Waals surface area contributed by atoms with E-state index in [0.717, 1.165) is 29.7 Å². The van der Waals surface area contributed by atoms with Crippen molar-refractivity contribution in [1.29, 1.82) is 0 Å². The smallest absolute Gasteiger partial charge is 0.128 e. The van der Waals surface area contributed by atoms with E-state index in [-0.39, 0.29) is 11.9 Å². The summed E-state index contributed by atoms with van der Waals surface area (Å²) in [5, 5.41) is 3.43. The maximum atomic E-state index is 13.9. The first-order valence-electron chi connectivity index (χ1n) is 7.24. The second-order valence-electron chi connectivity index (χ2n) is 5.38. The third-order valence-corrected chi connectivity index (χ3v) is 3.52. The SMILES string of the molecule is CCCNC(c1ccc(C)c(F)c1)c1cc(C)cnc1N. The molecular weight excluding hydrogens is 265 g/mol. The Morgan fingerprint density at radius 1 is 1.29 bits per heavy atom. The molecule has 1 atom stereocenters. The number of hydrogen-bond acceptors (Lipinski definition) is 3. The van der Waals surface area contributed by atoms with Gasteiger partial charge in [-0.25, -0.2) is 9.37 Å². The molecule has 2 rings (SSSR count). The first-order chi connectivity index (χ1) is 10.0. The lowest BCUT2D eigenvalue weighted by atomic mass is 9.97. The van der Waals surface area contributed by atoms with E-state index in [9.17, 15) is 4.39 Å². The highest BCUT2D eigenvalue weighted by Gasteiger charge is 2.18. The Balaban J connectivity index is 2.46. The van der Waals surface area contributed by atoms with Gasteiger partial charge in [-0.2, -0.15) is 0 Å². The number of aromatic nitrogens is 1. The number of nitrogens with one attached hydrogen (secondary N) is 1. The van der Waals surface area contributed by atoms with Crippen LogP contribution in [0.4, 0.5) is 10.2 Å². The van der Waals surface area contributed by atoms with Crippen molar-refractivity contribution >= 4 is 5.82 Å². The van der Waals surface area contributed by atoms with Crippen molar-refractivity contribution in [2.45, 2.75) is 33.2 Å². The summed E-state index contributed by atoms with van der Waals surface area (Å²) in [6.45, 7) is 6.66. The zero-order valence-electron chi connectivity index (χ0n) is 12.8. The van der Waals surface area contributed by atoms with Crippen LogP contribution in [-0.4, -0.2) is 11.5 Å². The molecule has 2 aromatic rings. The van der Waals surface area contributed by atoms with E-state index >= 15 is 0 Å². The van der Waals surface area contributed by atoms with E-state index in [2.05, 4.69) is 17.2 Å². The van der Waals surface area contributed by atoms with Crippen LogP contribution in [0.15, 0.2) is 30.5 Å². The number of nitrogen functional groups attached to an aromatic ring is 1. The second kappa shape index (κ2) is 6.68. The monoisotopic (exact) mass is 287 g/mol. The summed E-state index contributed by atoms with van der Waals surface area (Å²) in [4.78, 5) is 4.22. The molecule has 0 spiro atoms. The van der Waals surface area contributed by atoms with Crippen molar-refractivity contribution in [2.24, 2.45) is 0 Å². The van der Waals surface area contributed by atoms with Gasteiger partial charge in [0.1, 0.15) is 11.6 Å². The van der Waals surface area contributed by atoms with Crippen LogP contribution in [0.1, 0.15) is 41.6 Å². The van der Waals surface area contributed by atoms with Crippen LogP contribution in [0, 0.1) is 19.7 Å². The van der Waals surface area contributed by atoms with Crippen LogP contribution in [0.2, 0.25) is 0 Å². The van der Waals surface area contributed by atoms with Crippen molar-refractivity contribution in [2.75, 3.05) is 12.3 Å². The topological polar surface area (TPSA) is 50.9 Å². The van der Waals surface area contributed by atoms with Crippen LogP contribution < -0.4 is 11.1 Å². The van der Waals surface area contributed by atoms with Crippen LogP contribution in [0.25, 0.3) is 0 Å². The van der Waals surface area contributed by atoms with Gasteiger partial charge in [-0.3, -0.25) is 0 Å². The number of rotatable bonds is 5. The third-order valence-electron chi connectivity index (χ3n) is 3.52. The van der Waals surface area contributed by atoms with E-state index in [4.69, 9.17) is 5.73 Å². The van der Waals surface area contributed by atoms with Crippen LogP contribution in [0.3, 0.4) is 0 Å². The maximum absolute atomic E-state index is 13.9. The average molecular weight is 287 g/mol. The van der Waals surface area contributed by atoms with E-state index < -0.39 is 0 Å². The molecule has 0 fully saturated rings. The molecule has 0 saturated heterocycles. The highest BCUT2D eigenvalue weighted by atomic mass is 19.1. The predicted octanol–water partition coefficient (Wildman–Crippen LogP) is 3.51. The lowest BCUT2D eigenvalue weighted by molar-refractivity contribution is 0.582. The Morgan fingerprint density at radius 3 is 2.71 bits per heavy atom. The zero-order chi connectivity index (χ0) is 15.4. The minimum absolute atomic E-state index is 0.146. The highest BCUT2D eigenvalue weighted by molar-refractivity contribution is 5.47. The number of anilines is 1. The molecule has 4 heteroatoms. The van der Waals surface area contributed by atoms with Gasteiger partial charge in [-0.1, -0.05) is 19.1 Å². The summed E-state index contributed by atoms with van der Waals surface area (Å²) in [6.07, 6.45) is 2.73. The van der Waals surface area contributed by atoms with E-state index in [1.807, 2.05) is 19.1 Å². The molecule has 21 heavy (non-hydrogen) atoms. The number of hydrogen-bond donors (Lipinski definition) is 2. The molecule has 1 aromatic carbocycles. The molecule has 1 heterocycles. The molecule has 0 saturated carbocycles. The van der Waals surface area contributed by atoms with Crippen molar-refractivity contribution in [3.8, 4) is 0 Å². The van der Waals surface area contributed by atoms with Gasteiger partial charge in [0.05, 0.1) is 6.04 Å². The van der Waals surface area contributed by atoms with Crippen LogP contribution in [0.5, 0.6) is 0 Å². The van der Waals surface area contributed by atoms with E-state index in [1.54, 1.807) is 25.3 Å². The van der Waals surface area contributed by atoms with Crippen molar-refractivity contribution in [1.82, 2.24) is 10.3 Å². The molecule has 1 unspecified atom stereocenters. The molecule has 0 aliphatic carbocycles. The molecule has 0 aliphatic heterocycles. The largest absolute Gasteiger partial charge is 0.383 e. The molecule has 112 valence electrons. The second-order valence-corrected chi connectivity index (χ2v) is 5.38. The van der Waals surface area contributed by atoms with Crippen molar-refractivity contribution in [3.63, 3.8) is 0 Å². The van der Waals surface area contributed by atoms with Crippen molar-refractivity contribution in [3.05, 3.63) is 58.5 Å². The van der Waals surface area contributed by atoms with E-state index in [1.165, 1.54) is 0 Å². The number of halogens is 1. The van der Waals surface area contributed by atoms with Gasteiger partial charge in [0.25, 0.3) is 0 Å². The summed E-state index contributed by atoms with van der Waals surface area (Å²) in [7, 11) is 0. The van der Waals surface area contributed by atoms with Gasteiger partial charge in [0, 0.05) is 11.8 Å². The lowest BCUT2D eigenvalue weighted by Gasteiger charge is -2.21. The number of nitrogens with two attached hydrogens (primary N) is 1. The molecular formula is C17H22FN3. The number of aryl methyl sites for hydroxylation is 2. The first-order valence-corrected chi connectivity index (χ1v) is 7.24. The summed E-state index contributed by atoms with van der Waals surface area (Å²) in [5.74, 6) is 0.283. The first kappa shape index (κ1) is 15.4. The van der Waals surface area contributed by atoms with Crippen LogP contribution in [-0.2, 0) is 0 Å². The number of pyridine rings is 1. The fourth-order valence-corrected chi connectivity index (χ4v) is 2.32. The fourth-order valence-electron chi connectivity index (χ4n) is 2.32. The lowest BCUT2D eigenvalue weighted by Crippen LogP contribution is -2.24. The maximum Gasteiger partial charge on any atom is 0.128 e.